The van der Waals surface area contributed by atoms with Crippen molar-refractivity contribution in [2.75, 3.05) is 27.6 Å². The summed E-state index contributed by atoms with van der Waals surface area (Å²) in [4.78, 5) is 0. The highest BCUT2D eigenvalue weighted by Crippen LogP contribution is 2.61. The Kier molecular flexibility index (Phi) is 2.35. The number of ether oxygens (including phenoxy) is 5. The van der Waals surface area contributed by atoms with E-state index < -0.39 is 17.4 Å². The van der Waals surface area contributed by atoms with E-state index in [-0.39, 0.29) is 18.8 Å². The largest absolute Gasteiger partial charge is 0.382 e. The van der Waals surface area contributed by atoms with E-state index in [9.17, 15) is 0 Å². The van der Waals surface area contributed by atoms with Crippen molar-refractivity contribution < 1.29 is 23.7 Å². The third-order valence-corrected chi connectivity index (χ3v) is 3.91. The Morgan fingerprint density at radius 1 is 1.44 bits per heavy atom. The van der Waals surface area contributed by atoms with Gasteiger partial charge in [-0.3, -0.25) is 0 Å². The first-order chi connectivity index (χ1) is 7.67. The molecule has 5 nitrogen and oxygen atoms in total. The second-order valence-corrected chi connectivity index (χ2v) is 4.64. The Balaban J connectivity index is 1.91. The van der Waals surface area contributed by atoms with E-state index in [1.165, 1.54) is 0 Å². The van der Waals surface area contributed by atoms with Gasteiger partial charge in [0, 0.05) is 26.6 Å². The third kappa shape index (κ3) is 1.14. The molecule has 0 bridgehead atoms. The van der Waals surface area contributed by atoms with Crippen LogP contribution < -0.4 is 0 Å². The molecule has 16 heavy (non-hydrogen) atoms. The summed E-state index contributed by atoms with van der Waals surface area (Å²) in [7, 11) is 9.21. The fourth-order valence-electron chi connectivity index (χ4n) is 3.32. The minimum atomic E-state index is -0.602. The van der Waals surface area contributed by atoms with Crippen LogP contribution in [0.1, 0.15) is 6.42 Å². The molecule has 1 saturated carbocycles. The Labute approximate surface area is 95.7 Å². The summed E-state index contributed by atoms with van der Waals surface area (Å²) in [6.45, 7) is 0.689. The highest BCUT2D eigenvalue weighted by molar-refractivity contribution is 6.11. The summed E-state index contributed by atoms with van der Waals surface area (Å²) in [5, 5.41) is 0. The average molecular weight is 226 g/mol. The van der Waals surface area contributed by atoms with Gasteiger partial charge >= 0.3 is 0 Å². The zero-order chi connectivity index (χ0) is 11.4. The van der Waals surface area contributed by atoms with Crippen molar-refractivity contribution in [1.82, 2.24) is 0 Å². The Morgan fingerprint density at radius 3 is 2.94 bits per heavy atom. The van der Waals surface area contributed by atoms with Crippen molar-refractivity contribution in [3.8, 4) is 0 Å². The van der Waals surface area contributed by atoms with Crippen LogP contribution in [0.15, 0.2) is 0 Å². The lowest BCUT2D eigenvalue weighted by Crippen LogP contribution is -2.72. The number of rotatable bonds is 3. The minimum Gasteiger partial charge on any atom is -0.382 e. The van der Waals surface area contributed by atoms with Crippen LogP contribution >= 0.6 is 0 Å². The molecule has 2 aliphatic heterocycles. The smallest absolute Gasteiger partial charge is 0.181 e. The molecule has 88 valence electrons. The van der Waals surface area contributed by atoms with Crippen LogP contribution in [0.4, 0.5) is 0 Å². The first kappa shape index (κ1) is 11.0. The molecule has 3 rings (SSSR count). The summed E-state index contributed by atoms with van der Waals surface area (Å²) in [6.07, 6.45) is 0.473. The third-order valence-electron chi connectivity index (χ3n) is 3.91. The molecule has 2 unspecified atom stereocenters. The first-order valence-electron chi connectivity index (χ1n) is 5.40. The lowest BCUT2D eigenvalue weighted by Gasteiger charge is -2.59. The molecule has 6 heteroatoms. The van der Waals surface area contributed by atoms with Gasteiger partial charge in [0.1, 0.15) is 13.4 Å². The van der Waals surface area contributed by atoms with Gasteiger partial charge < -0.3 is 23.7 Å². The fourth-order valence-corrected chi connectivity index (χ4v) is 3.32. The molecule has 2 heterocycles. The van der Waals surface area contributed by atoms with Crippen molar-refractivity contribution in [2.45, 2.75) is 29.9 Å². The van der Waals surface area contributed by atoms with E-state index in [0.29, 0.717) is 13.0 Å². The van der Waals surface area contributed by atoms with Crippen molar-refractivity contribution >= 4 is 7.85 Å². The zero-order valence-corrected chi connectivity index (χ0v) is 9.47. The van der Waals surface area contributed by atoms with Gasteiger partial charge in [-0.1, -0.05) is 0 Å². The Hall–Kier alpha value is -0.135. The maximum Gasteiger partial charge on any atom is 0.181 e. The summed E-state index contributed by atoms with van der Waals surface area (Å²) < 4.78 is 27.6. The zero-order valence-electron chi connectivity index (χ0n) is 9.47. The first-order valence-corrected chi connectivity index (χ1v) is 5.40. The second-order valence-electron chi connectivity index (χ2n) is 4.64. The molecule has 0 amide bonds. The lowest BCUT2D eigenvalue weighted by atomic mass is 9.61. The van der Waals surface area contributed by atoms with Gasteiger partial charge in [0.15, 0.2) is 12.6 Å². The van der Waals surface area contributed by atoms with E-state index in [4.69, 9.17) is 31.5 Å². The van der Waals surface area contributed by atoms with E-state index in [1.54, 1.807) is 14.2 Å². The minimum absolute atomic E-state index is 0.00583. The molecule has 0 aromatic rings. The number of hydrogen-bond donors (Lipinski definition) is 0. The monoisotopic (exact) mass is 226 g/mol. The van der Waals surface area contributed by atoms with Crippen LogP contribution in [0.3, 0.4) is 0 Å². The van der Waals surface area contributed by atoms with Gasteiger partial charge in [-0.05, 0) is 0 Å². The molecule has 3 fully saturated rings. The molecular weight excluding hydrogens is 211 g/mol. The van der Waals surface area contributed by atoms with Crippen molar-refractivity contribution in [3.63, 3.8) is 0 Å². The molecule has 2 radical (unpaired) electrons. The van der Waals surface area contributed by atoms with E-state index in [0.717, 1.165) is 0 Å². The van der Waals surface area contributed by atoms with Crippen LogP contribution in [-0.2, 0) is 23.7 Å². The van der Waals surface area contributed by atoms with Gasteiger partial charge in [-0.25, -0.2) is 0 Å². The Bertz CT molecular complexity index is 301. The van der Waals surface area contributed by atoms with Gasteiger partial charge in [0.25, 0.3) is 0 Å². The topological polar surface area (TPSA) is 46.2 Å². The SMILES string of the molecule is [B][C@@H]1O[C@@]2(COC)CC3(OC)OCO[C@H]1C32. The van der Waals surface area contributed by atoms with E-state index >= 15 is 0 Å². The molecule has 0 aromatic carbocycles. The average Bonchev–Trinajstić information content (AvgIpc) is 2.50. The lowest BCUT2D eigenvalue weighted by molar-refractivity contribution is -0.411. The summed E-state index contributed by atoms with van der Waals surface area (Å²) in [5.41, 5.74) is -0.407. The molecule has 0 N–H and O–H groups in total. The van der Waals surface area contributed by atoms with Crippen LogP contribution in [0.2, 0.25) is 0 Å². The maximum atomic E-state index is 5.92. The van der Waals surface area contributed by atoms with Gasteiger partial charge in [-0.2, -0.15) is 0 Å². The second kappa shape index (κ2) is 3.43. The van der Waals surface area contributed by atoms with Crippen LogP contribution in [0, 0.1) is 5.92 Å². The molecule has 0 aromatic heterocycles. The molecular formula is C10H15BO5. The maximum absolute atomic E-state index is 5.92. The standard InChI is InChI=1S/C10H15BO5/c1-12-4-9-3-10(13-2)7(9)6(8(11)16-9)14-5-15-10/h6-8H,3-5H2,1-2H3/t6-,7?,8+,9+,10?/m0/s1. The van der Waals surface area contributed by atoms with E-state index in [1.807, 2.05) is 0 Å². The highest BCUT2D eigenvalue weighted by atomic mass is 16.8. The normalized spacial score (nSPS) is 54.5. The van der Waals surface area contributed by atoms with Gasteiger partial charge in [-0.15, -0.1) is 0 Å². The van der Waals surface area contributed by atoms with Gasteiger partial charge in [0.05, 0.1) is 18.6 Å². The van der Waals surface area contributed by atoms with E-state index in [2.05, 4.69) is 0 Å². The fraction of sp³-hybridized carbons (Fsp3) is 1.00. The van der Waals surface area contributed by atoms with Crippen molar-refractivity contribution in [1.29, 1.82) is 0 Å². The quantitative estimate of drug-likeness (QED) is 0.614. The summed E-state index contributed by atoms with van der Waals surface area (Å²) in [5.74, 6) is -0.607. The number of hydrogen-bond acceptors (Lipinski definition) is 5. The summed E-state index contributed by atoms with van der Waals surface area (Å²) in [6, 6.07) is -0.430. The van der Waals surface area contributed by atoms with Crippen LogP contribution in [0.5, 0.6) is 0 Å². The Morgan fingerprint density at radius 2 is 2.25 bits per heavy atom. The molecule has 3 aliphatic rings. The molecule has 5 atom stereocenters. The predicted molar refractivity (Wildman–Crippen MR) is 53.9 cm³/mol. The van der Waals surface area contributed by atoms with Crippen LogP contribution in [-0.4, -0.2) is 59.0 Å². The molecule has 1 aliphatic carbocycles. The van der Waals surface area contributed by atoms with Crippen LogP contribution in [0.25, 0.3) is 0 Å². The molecule has 2 saturated heterocycles. The van der Waals surface area contributed by atoms with Gasteiger partial charge in [0.2, 0.25) is 0 Å². The highest BCUT2D eigenvalue weighted by Gasteiger charge is 2.75. The van der Waals surface area contributed by atoms with Crippen molar-refractivity contribution in [3.05, 3.63) is 0 Å². The molecule has 0 spiro atoms. The van der Waals surface area contributed by atoms with Crippen molar-refractivity contribution in [2.24, 2.45) is 5.92 Å². The number of methoxy groups -OCH3 is 2. The predicted octanol–water partition coefficient (Wildman–Crippen LogP) is -0.368. The summed E-state index contributed by atoms with van der Waals surface area (Å²) >= 11 is 0.